The van der Waals surface area contributed by atoms with Crippen LogP contribution in [-0.2, 0) is 14.3 Å². The number of nitrogens with zero attached hydrogens (tertiary/aromatic N) is 3. The molecule has 5 rings (SSSR count). The summed E-state index contributed by atoms with van der Waals surface area (Å²) in [6, 6.07) is 35.2. The standard InChI is InChI=1S/C37H35N3O4/c1-3-5-6-15-26-43-36(42)32-20-13-14-21-33(32)38-37-39(4-2)35(41)34(44-37)27-28-22-24-31(25-23-28)40(29-16-9-7-10-17-29)30-18-11-8-12-19-30/h5-14,16-25,27H,3-4,15,26H2,1-2H3/b6-5-,34-27+,38-37+. The van der Waals surface area contributed by atoms with Gasteiger partial charge in [0.05, 0.1) is 17.9 Å². The van der Waals surface area contributed by atoms with E-state index in [1.165, 1.54) is 4.90 Å². The molecule has 0 radical (unpaired) electrons. The van der Waals surface area contributed by atoms with E-state index in [1.807, 2.05) is 79.7 Å². The number of anilines is 3. The van der Waals surface area contributed by atoms with Crippen molar-refractivity contribution in [3.63, 3.8) is 0 Å². The molecule has 1 fully saturated rings. The van der Waals surface area contributed by atoms with E-state index in [4.69, 9.17) is 9.47 Å². The van der Waals surface area contributed by atoms with Crippen molar-refractivity contribution < 1.29 is 19.1 Å². The maximum atomic E-state index is 13.3. The fourth-order valence-electron chi connectivity index (χ4n) is 4.77. The van der Waals surface area contributed by atoms with Crippen molar-refractivity contribution in [1.82, 2.24) is 4.90 Å². The van der Waals surface area contributed by atoms with Crippen LogP contribution in [-0.4, -0.2) is 35.9 Å². The van der Waals surface area contributed by atoms with Crippen LogP contribution in [0.1, 0.15) is 42.6 Å². The number of esters is 1. The summed E-state index contributed by atoms with van der Waals surface area (Å²) in [5.74, 6) is -0.615. The number of likely N-dealkylation sites (N-methyl/N-ethyl adjacent to an activating group) is 1. The fourth-order valence-corrected chi connectivity index (χ4v) is 4.77. The van der Waals surface area contributed by atoms with Gasteiger partial charge >= 0.3 is 12.0 Å². The molecule has 0 saturated carbocycles. The van der Waals surface area contributed by atoms with Crippen molar-refractivity contribution in [2.75, 3.05) is 18.1 Å². The number of rotatable bonds is 11. The van der Waals surface area contributed by atoms with Gasteiger partial charge in [0.25, 0.3) is 5.91 Å². The molecule has 0 bridgehead atoms. The van der Waals surface area contributed by atoms with Crippen molar-refractivity contribution in [1.29, 1.82) is 0 Å². The molecule has 7 heteroatoms. The van der Waals surface area contributed by atoms with Gasteiger partial charge in [-0.15, -0.1) is 0 Å². The number of hydrogen-bond donors (Lipinski definition) is 0. The van der Waals surface area contributed by atoms with E-state index in [2.05, 4.69) is 41.1 Å². The van der Waals surface area contributed by atoms with Crippen LogP contribution in [0.3, 0.4) is 0 Å². The quantitative estimate of drug-likeness (QED) is 0.0763. The molecule has 0 N–H and O–H groups in total. The van der Waals surface area contributed by atoms with Crippen molar-refractivity contribution in [3.05, 3.63) is 138 Å². The highest BCUT2D eigenvalue weighted by Crippen LogP contribution is 2.34. The monoisotopic (exact) mass is 585 g/mol. The summed E-state index contributed by atoms with van der Waals surface area (Å²) in [7, 11) is 0. The first-order valence-corrected chi connectivity index (χ1v) is 14.8. The smallest absolute Gasteiger partial charge is 0.340 e. The number of amides is 1. The van der Waals surface area contributed by atoms with Crippen LogP contribution < -0.4 is 4.90 Å². The minimum Gasteiger partial charge on any atom is -0.462 e. The Labute approximate surface area is 258 Å². The van der Waals surface area contributed by atoms with Gasteiger partial charge in [0.2, 0.25) is 0 Å². The second-order valence-electron chi connectivity index (χ2n) is 9.97. The Morgan fingerprint density at radius 2 is 1.43 bits per heavy atom. The van der Waals surface area contributed by atoms with Crippen molar-refractivity contribution in [3.8, 4) is 0 Å². The number of allylic oxidation sites excluding steroid dienone is 1. The average molecular weight is 586 g/mol. The summed E-state index contributed by atoms with van der Waals surface area (Å²) < 4.78 is 11.4. The number of aliphatic imine (C=N–C) groups is 1. The van der Waals surface area contributed by atoms with E-state index in [-0.39, 0.29) is 24.3 Å². The van der Waals surface area contributed by atoms with Crippen LogP contribution in [0.25, 0.3) is 6.08 Å². The van der Waals surface area contributed by atoms with Crippen LogP contribution in [0.4, 0.5) is 22.7 Å². The molecular formula is C37H35N3O4. The molecule has 0 unspecified atom stereocenters. The van der Waals surface area contributed by atoms with Gasteiger partial charge in [-0.25, -0.2) is 4.79 Å². The van der Waals surface area contributed by atoms with E-state index in [0.29, 0.717) is 24.2 Å². The second-order valence-corrected chi connectivity index (χ2v) is 9.97. The highest BCUT2D eigenvalue weighted by atomic mass is 16.5. The summed E-state index contributed by atoms with van der Waals surface area (Å²) in [4.78, 5) is 34.3. The van der Waals surface area contributed by atoms with Crippen LogP contribution >= 0.6 is 0 Å². The minimum atomic E-state index is -0.474. The predicted octanol–water partition coefficient (Wildman–Crippen LogP) is 8.58. The molecule has 0 atom stereocenters. The number of carbonyl (C=O) groups is 2. The van der Waals surface area contributed by atoms with E-state index < -0.39 is 5.97 Å². The Morgan fingerprint density at radius 3 is 2.07 bits per heavy atom. The summed E-state index contributed by atoms with van der Waals surface area (Å²) in [6.45, 7) is 4.53. The average Bonchev–Trinajstić information content (AvgIpc) is 3.35. The van der Waals surface area contributed by atoms with Gasteiger partial charge in [-0.1, -0.05) is 79.7 Å². The Kier molecular flexibility index (Phi) is 10.0. The summed E-state index contributed by atoms with van der Waals surface area (Å²) in [6.07, 6.45) is 7.30. The molecule has 44 heavy (non-hydrogen) atoms. The Balaban J connectivity index is 1.37. The highest BCUT2D eigenvalue weighted by molar-refractivity contribution is 6.12. The van der Waals surface area contributed by atoms with Crippen molar-refractivity contribution >= 4 is 46.7 Å². The lowest BCUT2D eigenvalue weighted by Gasteiger charge is -2.25. The fraction of sp³-hybridized carbons (Fsp3) is 0.162. The predicted molar refractivity (Wildman–Crippen MR) is 175 cm³/mol. The van der Waals surface area contributed by atoms with Gasteiger partial charge in [0.1, 0.15) is 0 Å². The number of benzene rings is 4. The molecule has 0 aliphatic carbocycles. The van der Waals surface area contributed by atoms with Gasteiger partial charge in [0, 0.05) is 23.6 Å². The Morgan fingerprint density at radius 1 is 0.818 bits per heavy atom. The highest BCUT2D eigenvalue weighted by Gasteiger charge is 2.34. The Hall–Kier alpha value is -5.43. The third kappa shape index (κ3) is 7.13. The molecule has 0 spiro atoms. The van der Waals surface area contributed by atoms with Crippen LogP contribution in [0.15, 0.2) is 132 Å². The summed E-state index contributed by atoms with van der Waals surface area (Å²) in [5.41, 5.74) is 4.53. The first-order valence-electron chi connectivity index (χ1n) is 14.8. The van der Waals surface area contributed by atoms with Gasteiger partial charge in [-0.2, -0.15) is 4.99 Å². The normalized spacial score (nSPS) is 14.8. The first-order chi connectivity index (χ1) is 21.6. The number of hydrogen-bond acceptors (Lipinski definition) is 6. The van der Waals surface area contributed by atoms with Gasteiger partial charge in [-0.3, -0.25) is 9.69 Å². The largest absolute Gasteiger partial charge is 0.462 e. The molecule has 4 aromatic carbocycles. The third-order valence-electron chi connectivity index (χ3n) is 6.94. The van der Waals surface area contributed by atoms with E-state index in [0.717, 1.165) is 29.0 Å². The van der Waals surface area contributed by atoms with Crippen molar-refractivity contribution in [2.24, 2.45) is 4.99 Å². The second kappa shape index (κ2) is 14.6. The molecule has 4 aromatic rings. The summed E-state index contributed by atoms with van der Waals surface area (Å²) in [5, 5.41) is 0. The lowest BCUT2D eigenvalue weighted by Crippen LogP contribution is -2.29. The number of para-hydroxylation sites is 3. The first kappa shape index (κ1) is 30.0. The molecule has 1 aliphatic heterocycles. The Bertz CT molecular complexity index is 1620. The van der Waals surface area contributed by atoms with E-state index in [1.54, 1.807) is 30.3 Å². The number of ether oxygens (including phenoxy) is 2. The SMILES string of the molecule is CC/C=C\CCOC(=O)c1ccccc1/N=C1/O/C(=C/c2ccc(N(c3ccccc3)c3ccccc3)cc2)C(=O)N1CC. The lowest BCUT2D eigenvalue weighted by atomic mass is 10.1. The lowest BCUT2D eigenvalue weighted by molar-refractivity contribution is -0.122. The molecule has 7 nitrogen and oxygen atoms in total. The topological polar surface area (TPSA) is 71.4 Å². The van der Waals surface area contributed by atoms with Gasteiger partial charge in [0.15, 0.2) is 5.76 Å². The molecule has 1 aliphatic rings. The van der Waals surface area contributed by atoms with Gasteiger partial charge < -0.3 is 14.4 Å². The molecule has 1 heterocycles. The van der Waals surface area contributed by atoms with Crippen LogP contribution in [0, 0.1) is 0 Å². The number of amidine groups is 1. The molecular weight excluding hydrogens is 550 g/mol. The van der Waals surface area contributed by atoms with Crippen LogP contribution in [0.2, 0.25) is 0 Å². The maximum absolute atomic E-state index is 13.3. The number of carbonyl (C=O) groups excluding carboxylic acids is 2. The van der Waals surface area contributed by atoms with E-state index >= 15 is 0 Å². The minimum absolute atomic E-state index is 0.117. The zero-order valence-corrected chi connectivity index (χ0v) is 24.9. The third-order valence-corrected chi connectivity index (χ3v) is 6.94. The van der Waals surface area contributed by atoms with E-state index in [9.17, 15) is 9.59 Å². The van der Waals surface area contributed by atoms with Crippen molar-refractivity contribution in [2.45, 2.75) is 26.7 Å². The zero-order valence-electron chi connectivity index (χ0n) is 24.9. The van der Waals surface area contributed by atoms with Crippen LogP contribution in [0.5, 0.6) is 0 Å². The molecule has 0 aromatic heterocycles. The maximum Gasteiger partial charge on any atom is 0.340 e. The molecule has 1 amide bonds. The molecule has 222 valence electrons. The van der Waals surface area contributed by atoms with Gasteiger partial charge in [-0.05, 0) is 79.9 Å². The molecule has 1 saturated heterocycles. The summed E-state index contributed by atoms with van der Waals surface area (Å²) >= 11 is 0. The zero-order chi connectivity index (χ0) is 30.7.